The van der Waals surface area contributed by atoms with Crippen LogP contribution in [0.1, 0.15) is 81.1 Å². The lowest BCUT2D eigenvalue weighted by Gasteiger charge is -2.46. The Labute approximate surface area is 138 Å². The maximum Gasteiger partial charge on any atom is 0.215 e. The van der Waals surface area contributed by atoms with Crippen LogP contribution in [0, 0.1) is 17.3 Å². The summed E-state index contributed by atoms with van der Waals surface area (Å²) in [4.78, 5) is 0. The third kappa shape index (κ3) is 4.95. The molecular weight excluding hydrogens is 294 g/mol. The molecular formula is C18H37NO2S. The summed E-state index contributed by atoms with van der Waals surface area (Å²) < 4.78 is 27.4. The van der Waals surface area contributed by atoms with Gasteiger partial charge in [-0.3, -0.25) is 0 Å². The van der Waals surface area contributed by atoms with E-state index in [-0.39, 0.29) is 17.0 Å². The molecule has 3 nitrogen and oxygen atoms in total. The van der Waals surface area contributed by atoms with Crippen LogP contribution in [-0.2, 0) is 10.0 Å². The summed E-state index contributed by atoms with van der Waals surface area (Å²) in [5, 5.41) is 0. The first-order valence-corrected chi connectivity index (χ1v) is 10.4. The Bertz CT molecular complexity index is 456. The van der Waals surface area contributed by atoms with Gasteiger partial charge >= 0.3 is 0 Å². The first-order valence-electron chi connectivity index (χ1n) is 8.81. The van der Waals surface area contributed by atoms with E-state index in [1.165, 1.54) is 0 Å². The molecule has 1 heterocycles. The molecule has 1 aliphatic rings. The maximum absolute atomic E-state index is 12.8. The Hall–Kier alpha value is -0.0900. The van der Waals surface area contributed by atoms with Crippen molar-refractivity contribution in [3.8, 4) is 0 Å². The smallest absolute Gasteiger partial charge is 0.212 e. The molecule has 0 saturated carbocycles. The summed E-state index contributed by atoms with van der Waals surface area (Å²) in [7, 11) is -3.14. The second-order valence-electron chi connectivity index (χ2n) is 9.25. The van der Waals surface area contributed by atoms with Crippen molar-refractivity contribution in [2.24, 2.45) is 17.3 Å². The van der Waals surface area contributed by atoms with Crippen molar-refractivity contribution in [2.75, 3.05) is 5.75 Å². The van der Waals surface area contributed by atoms with Gasteiger partial charge in [0.2, 0.25) is 10.0 Å². The molecule has 0 aliphatic carbocycles. The van der Waals surface area contributed by atoms with Crippen molar-refractivity contribution in [3.05, 3.63) is 0 Å². The first kappa shape index (κ1) is 20.0. The van der Waals surface area contributed by atoms with E-state index in [0.29, 0.717) is 17.6 Å². The fraction of sp³-hybridized carbons (Fsp3) is 1.00. The van der Waals surface area contributed by atoms with Gasteiger partial charge in [0.1, 0.15) is 0 Å². The topological polar surface area (TPSA) is 37.4 Å². The van der Waals surface area contributed by atoms with Crippen molar-refractivity contribution < 1.29 is 8.42 Å². The molecule has 3 atom stereocenters. The molecule has 0 aromatic rings. The van der Waals surface area contributed by atoms with E-state index in [2.05, 4.69) is 34.6 Å². The lowest BCUT2D eigenvalue weighted by molar-refractivity contribution is 0.129. The van der Waals surface area contributed by atoms with Crippen molar-refractivity contribution in [3.63, 3.8) is 0 Å². The van der Waals surface area contributed by atoms with Gasteiger partial charge in [-0.25, -0.2) is 8.42 Å². The van der Waals surface area contributed by atoms with Gasteiger partial charge in [0.25, 0.3) is 0 Å². The SMILES string of the molecule is CCC1CC(CCC(C)C(C)(C)C)N(C(C)(C)C)S(=O)(=O)C1. The van der Waals surface area contributed by atoms with Crippen LogP contribution in [0.2, 0.25) is 0 Å². The van der Waals surface area contributed by atoms with Crippen LogP contribution in [0.15, 0.2) is 0 Å². The van der Waals surface area contributed by atoms with E-state index in [0.717, 1.165) is 25.7 Å². The molecule has 0 radical (unpaired) electrons. The molecule has 0 aromatic heterocycles. The molecule has 22 heavy (non-hydrogen) atoms. The van der Waals surface area contributed by atoms with Gasteiger partial charge in [-0.1, -0.05) is 41.0 Å². The quantitative estimate of drug-likeness (QED) is 0.750. The van der Waals surface area contributed by atoms with Gasteiger partial charge < -0.3 is 0 Å². The van der Waals surface area contributed by atoms with Gasteiger partial charge in [0, 0.05) is 11.6 Å². The van der Waals surface area contributed by atoms with E-state index in [1.807, 2.05) is 25.1 Å². The Morgan fingerprint density at radius 2 is 1.68 bits per heavy atom. The van der Waals surface area contributed by atoms with Gasteiger partial charge in [0.15, 0.2) is 0 Å². The molecule has 1 aliphatic heterocycles. The maximum atomic E-state index is 12.8. The molecule has 1 fully saturated rings. The monoisotopic (exact) mass is 331 g/mol. The van der Waals surface area contributed by atoms with Crippen molar-refractivity contribution in [1.82, 2.24) is 4.31 Å². The summed E-state index contributed by atoms with van der Waals surface area (Å²) in [6.45, 7) is 17.3. The predicted molar refractivity (Wildman–Crippen MR) is 95.4 cm³/mol. The second-order valence-corrected chi connectivity index (χ2v) is 11.1. The number of sulfonamides is 1. The van der Waals surface area contributed by atoms with Gasteiger partial charge in [0.05, 0.1) is 5.75 Å². The predicted octanol–water partition coefficient (Wildman–Crippen LogP) is 4.68. The minimum atomic E-state index is -3.14. The largest absolute Gasteiger partial charge is 0.215 e. The number of hydrogen-bond acceptors (Lipinski definition) is 2. The minimum absolute atomic E-state index is 0.161. The van der Waals surface area contributed by atoms with Crippen LogP contribution in [0.3, 0.4) is 0 Å². The standard InChI is InChI=1S/C18H37NO2S/c1-9-15-12-16(11-10-14(2)17(3,4)5)19(18(6,7)8)22(20,21)13-15/h14-16H,9-13H2,1-8H3. The minimum Gasteiger partial charge on any atom is -0.212 e. The highest BCUT2D eigenvalue weighted by Crippen LogP contribution is 2.37. The normalized spacial score (nSPS) is 28.5. The van der Waals surface area contributed by atoms with Gasteiger partial charge in [-0.2, -0.15) is 4.31 Å². The summed E-state index contributed by atoms with van der Waals surface area (Å²) in [6.07, 6.45) is 4.05. The van der Waals surface area contributed by atoms with Crippen LogP contribution in [-0.4, -0.2) is 30.1 Å². The third-order valence-electron chi connectivity index (χ3n) is 5.33. The van der Waals surface area contributed by atoms with E-state index >= 15 is 0 Å². The summed E-state index contributed by atoms with van der Waals surface area (Å²) in [5.74, 6) is 1.24. The number of rotatable bonds is 4. The average molecular weight is 332 g/mol. The van der Waals surface area contributed by atoms with E-state index in [9.17, 15) is 8.42 Å². The summed E-state index contributed by atoms with van der Waals surface area (Å²) in [6, 6.07) is 0.161. The number of hydrogen-bond donors (Lipinski definition) is 0. The molecule has 1 rings (SSSR count). The summed E-state index contributed by atoms with van der Waals surface area (Å²) in [5.41, 5.74) is -0.0442. The Morgan fingerprint density at radius 3 is 2.09 bits per heavy atom. The van der Waals surface area contributed by atoms with Gasteiger partial charge in [-0.15, -0.1) is 0 Å². The van der Waals surface area contributed by atoms with Crippen LogP contribution in [0.25, 0.3) is 0 Å². The van der Waals surface area contributed by atoms with E-state index in [4.69, 9.17) is 0 Å². The average Bonchev–Trinajstić information content (AvgIpc) is 2.30. The fourth-order valence-electron chi connectivity index (χ4n) is 3.51. The highest BCUT2D eigenvalue weighted by atomic mass is 32.2. The zero-order valence-corrected chi connectivity index (χ0v) is 16.8. The van der Waals surface area contributed by atoms with Crippen LogP contribution in [0.5, 0.6) is 0 Å². The highest BCUT2D eigenvalue weighted by Gasteiger charge is 2.44. The molecule has 132 valence electrons. The van der Waals surface area contributed by atoms with Crippen LogP contribution >= 0.6 is 0 Å². The molecule has 0 spiro atoms. The van der Waals surface area contributed by atoms with Crippen LogP contribution < -0.4 is 0 Å². The molecule has 3 unspecified atom stereocenters. The van der Waals surface area contributed by atoms with Gasteiger partial charge in [-0.05, 0) is 57.3 Å². The zero-order chi connectivity index (χ0) is 17.3. The molecule has 0 N–H and O–H groups in total. The molecule has 0 amide bonds. The Balaban J connectivity index is 2.95. The molecule has 1 saturated heterocycles. The third-order valence-corrected chi connectivity index (χ3v) is 7.67. The lowest BCUT2D eigenvalue weighted by Crippen LogP contribution is -2.56. The van der Waals surface area contributed by atoms with Crippen molar-refractivity contribution >= 4 is 10.0 Å². The van der Waals surface area contributed by atoms with Crippen molar-refractivity contribution in [2.45, 2.75) is 92.7 Å². The van der Waals surface area contributed by atoms with Crippen molar-refractivity contribution in [1.29, 1.82) is 0 Å². The second kappa shape index (κ2) is 6.80. The Morgan fingerprint density at radius 1 is 1.14 bits per heavy atom. The highest BCUT2D eigenvalue weighted by molar-refractivity contribution is 7.89. The number of nitrogens with zero attached hydrogens (tertiary/aromatic N) is 1. The molecule has 0 aromatic carbocycles. The zero-order valence-electron chi connectivity index (χ0n) is 15.9. The molecule has 0 bridgehead atoms. The fourth-order valence-corrected chi connectivity index (χ4v) is 6.12. The summed E-state index contributed by atoms with van der Waals surface area (Å²) >= 11 is 0. The Kier molecular flexibility index (Phi) is 6.17. The molecule has 4 heteroatoms. The van der Waals surface area contributed by atoms with Crippen LogP contribution in [0.4, 0.5) is 0 Å². The van der Waals surface area contributed by atoms with E-state index < -0.39 is 10.0 Å². The lowest BCUT2D eigenvalue weighted by atomic mass is 9.78. The van der Waals surface area contributed by atoms with E-state index in [1.54, 1.807) is 0 Å². The first-order chi connectivity index (χ1) is 9.79.